The van der Waals surface area contributed by atoms with Gasteiger partial charge in [-0.15, -0.1) is 6.58 Å². The van der Waals surface area contributed by atoms with Gasteiger partial charge < -0.3 is 14.8 Å². The summed E-state index contributed by atoms with van der Waals surface area (Å²) in [5, 5.41) is 2.64. The third-order valence-electron chi connectivity index (χ3n) is 5.23. The number of piperidine rings is 1. The molecular weight excluding hydrogens is 366 g/mol. The maximum Gasteiger partial charge on any atom is 0.259 e. The van der Waals surface area contributed by atoms with E-state index in [-0.39, 0.29) is 29.6 Å². The molecule has 2 heterocycles. The summed E-state index contributed by atoms with van der Waals surface area (Å²) < 4.78 is 1.74. The van der Waals surface area contributed by atoms with Crippen LogP contribution in [0.5, 0.6) is 0 Å². The predicted octanol–water partition coefficient (Wildman–Crippen LogP) is 2.83. The van der Waals surface area contributed by atoms with E-state index in [0.717, 1.165) is 24.8 Å². The minimum Gasteiger partial charge on any atom is -0.348 e. The molecule has 1 saturated heterocycles. The van der Waals surface area contributed by atoms with Gasteiger partial charge in [-0.05, 0) is 31.7 Å². The first-order valence-electron chi connectivity index (χ1n) is 9.99. The van der Waals surface area contributed by atoms with Crippen LogP contribution in [0, 0.1) is 0 Å². The van der Waals surface area contributed by atoms with Crippen molar-refractivity contribution < 1.29 is 9.59 Å². The molecule has 0 aliphatic carbocycles. The van der Waals surface area contributed by atoms with Crippen LogP contribution in [-0.4, -0.2) is 40.4 Å². The van der Waals surface area contributed by atoms with E-state index in [1.807, 2.05) is 37.3 Å². The summed E-state index contributed by atoms with van der Waals surface area (Å²) in [4.78, 5) is 40.5. The van der Waals surface area contributed by atoms with Crippen LogP contribution in [-0.2, 0) is 6.54 Å². The summed E-state index contributed by atoms with van der Waals surface area (Å²) >= 11 is 0. The van der Waals surface area contributed by atoms with Gasteiger partial charge in [-0.2, -0.15) is 0 Å². The Kier molecular flexibility index (Phi) is 6.65. The molecule has 2 amide bonds. The Labute approximate surface area is 170 Å². The first-order chi connectivity index (χ1) is 14.0. The highest BCUT2D eigenvalue weighted by molar-refractivity contribution is 5.99. The maximum absolute atomic E-state index is 13.2. The SMILES string of the molecule is C=CCNC(=O)c1cn(Cc2ccccc2)cc(C(=O)N2CCCCC2C)c1=O. The number of nitrogens with one attached hydrogen (secondary N) is 1. The lowest BCUT2D eigenvalue weighted by atomic mass is 10.0. The fourth-order valence-corrected chi connectivity index (χ4v) is 3.65. The van der Waals surface area contributed by atoms with E-state index < -0.39 is 11.3 Å². The number of carbonyl (C=O) groups excluding carboxylic acids is 2. The van der Waals surface area contributed by atoms with Crippen molar-refractivity contribution in [2.24, 2.45) is 0 Å². The molecule has 3 rings (SSSR count). The molecule has 0 radical (unpaired) electrons. The molecule has 0 saturated carbocycles. The molecule has 1 unspecified atom stereocenters. The van der Waals surface area contributed by atoms with Gasteiger partial charge in [0.2, 0.25) is 5.43 Å². The van der Waals surface area contributed by atoms with Gasteiger partial charge >= 0.3 is 0 Å². The molecule has 152 valence electrons. The summed E-state index contributed by atoms with van der Waals surface area (Å²) in [6.45, 7) is 6.91. The van der Waals surface area contributed by atoms with Crippen molar-refractivity contribution in [1.29, 1.82) is 0 Å². The number of nitrogens with zero attached hydrogens (tertiary/aromatic N) is 2. The molecule has 1 aromatic heterocycles. The molecule has 0 bridgehead atoms. The third-order valence-corrected chi connectivity index (χ3v) is 5.23. The number of pyridine rings is 1. The molecule has 6 nitrogen and oxygen atoms in total. The van der Waals surface area contributed by atoms with E-state index in [9.17, 15) is 14.4 Å². The van der Waals surface area contributed by atoms with Gasteiger partial charge in [-0.25, -0.2) is 0 Å². The fourth-order valence-electron chi connectivity index (χ4n) is 3.65. The smallest absolute Gasteiger partial charge is 0.259 e. The van der Waals surface area contributed by atoms with Crippen molar-refractivity contribution in [3.63, 3.8) is 0 Å². The van der Waals surface area contributed by atoms with Crippen molar-refractivity contribution in [3.05, 3.63) is 82.3 Å². The van der Waals surface area contributed by atoms with Gasteiger partial charge in [-0.3, -0.25) is 14.4 Å². The van der Waals surface area contributed by atoms with Crippen molar-refractivity contribution in [3.8, 4) is 0 Å². The van der Waals surface area contributed by atoms with Crippen molar-refractivity contribution in [2.45, 2.75) is 38.8 Å². The molecule has 1 fully saturated rings. The zero-order valence-electron chi connectivity index (χ0n) is 16.8. The molecule has 29 heavy (non-hydrogen) atoms. The monoisotopic (exact) mass is 393 g/mol. The van der Waals surface area contributed by atoms with Crippen LogP contribution in [0.3, 0.4) is 0 Å². The van der Waals surface area contributed by atoms with Crippen LogP contribution in [0.15, 0.2) is 60.2 Å². The molecule has 0 spiro atoms. The van der Waals surface area contributed by atoms with Crippen LogP contribution >= 0.6 is 0 Å². The zero-order valence-corrected chi connectivity index (χ0v) is 16.8. The van der Waals surface area contributed by atoms with Crippen molar-refractivity contribution >= 4 is 11.8 Å². The van der Waals surface area contributed by atoms with E-state index in [0.29, 0.717) is 13.1 Å². The van der Waals surface area contributed by atoms with Gasteiger partial charge in [0.15, 0.2) is 0 Å². The number of amides is 2. The number of carbonyl (C=O) groups is 2. The van der Waals surface area contributed by atoms with Gasteiger partial charge in [-0.1, -0.05) is 36.4 Å². The topological polar surface area (TPSA) is 71.4 Å². The number of likely N-dealkylation sites (tertiary alicyclic amines) is 1. The van der Waals surface area contributed by atoms with E-state index in [1.165, 1.54) is 6.20 Å². The quantitative estimate of drug-likeness (QED) is 0.767. The molecule has 2 aromatic rings. The molecule has 1 aromatic carbocycles. The van der Waals surface area contributed by atoms with Crippen LogP contribution in [0.2, 0.25) is 0 Å². The van der Waals surface area contributed by atoms with Crippen LogP contribution in [0.25, 0.3) is 0 Å². The number of hydrogen-bond donors (Lipinski definition) is 1. The first-order valence-corrected chi connectivity index (χ1v) is 9.99. The highest BCUT2D eigenvalue weighted by Gasteiger charge is 2.28. The molecule has 6 heteroatoms. The molecule has 1 N–H and O–H groups in total. The summed E-state index contributed by atoms with van der Waals surface area (Å²) in [6.07, 6.45) is 7.56. The minimum atomic E-state index is -0.529. The number of benzene rings is 1. The average Bonchev–Trinajstić information content (AvgIpc) is 2.73. The number of aromatic nitrogens is 1. The Morgan fingerprint density at radius 1 is 1.17 bits per heavy atom. The predicted molar refractivity (Wildman–Crippen MR) is 113 cm³/mol. The normalized spacial score (nSPS) is 16.3. The lowest BCUT2D eigenvalue weighted by molar-refractivity contribution is 0.0633. The molecule has 1 atom stereocenters. The van der Waals surface area contributed by atoms with Crippen molar-refractivity contribution in [2.75, 3.05) is 13.1 Å². The van der Waals surface area contributed by atoms with Gasteiger partial charge in [0.05, 0.1) is 0 Å². The molecular formula is C23H27N3O3. The summed E-state index contributed by atoms with van der Waals surface area (Å²) in [5.41, 5.74) is 0.496. The second kappa shape index (κ2) is 9.37. The lowest BCUT2D eigenvalue weighted by Crippen LogP contribution is -2.44. The largest absolute Gasteiger partial charge is 0.348 e. The first kappa shape index (κ1) is 20.6. The second-order valence-electron chi connectivity index (χ2n) is 7.41. The molecule has 1 aliphatic heterocycles. The van der Waals surface area contributed by atoms with Crippen LogP contribution < -0.4 is 10.7 Å². The van der Waals surface area contributed by atoms with Crippen molar-refractivity contribution in [1.82, 2.24) is 14.8 Å². The Hall–Kier alpha value is -3.15. The van der Waals surface area contributed by atoms with E-state index in [4.69, 9.17) is 0 Å². The van der Waals surface area contributed by atoms with Gasteiger partial charge in [0.1, 0.15) is 11.1 Å². The Morgan fingerprint density at radius 2 is 1.90 bits per heavy atom. The van der Waals surface area contributed by atoms with E-state index in [1.54, 1.807) is 21.7 Å². The number of rotatable bonds is 6. The fraction of sp³-hybridized carbons (Fsp3) is 0.348. The summed E-state index contributed by atoms with van der Waals surface area (Å²) in [6, 6.07) is 9.79. The zero-order chi connectivity index (χ0) is 20.8. The standard InChI is InChI=1S/C23H27N3O3/c1-3-12-24-22(28)19-15-25(14-18-10-5-4-6-11-18)16-20(21(19)27)23(29)26-13-8-7-9-17(26)2/h3-6,10-11,15-17H,1,7-9,12-14H2,2H3,(H,24,28). The van der Waals surface area contributed by atoms with Gasteiger partial charge in [0, 0.05) is 38.1 Å². The maximum atomic E-state index is 13.2. The highest BCUT2D eigenvalue weighted by atomic mass is 16.2. The Bertz CT molecular complexity index is 950. The van der Waals surface area contributed by atoms with E-state index in [2.05, 4.69) is 11.9 Å². The third kappa shape index (κ3) is 4.83. The van der Waals surface area contributed by atoms with E-state index >= 15 is 0 Å². The Balaban J connectivity index is 2.02. The molecule has 1 aliphatic rings. The highest BCUT2D eigenvalue weighted by Crippen LogP contribution is 2.18. The lowest BCUT2D eigenvalue weighted by Gasteiger charge is -2.33. The Morgan fingerprint density at radius 3 is 2.59 bits per heavy atom. The number of hydrogen-bond acceptors (Lipinski definition) is 3. The summed E-state index contributed by atoms with van der Waals surface area (Å²) in [5.74, 6) is -0.805. The second-order valence-corrected chi connectivity index (χ2v) is 7.41. The van der Waals surface area contributed by atoms with Gasteiger partial charge in [0.25, 0.3) is 11.8 Å². The average molecular weight is 393 g/mol. The van der Waals surface area contributed by atoms with Crippen LogP contribution in [0.1, 0.15) is 52.5 Å². The van der Waals surface area contributed by atoms with Crippen LogP contribution in [0.4, 0.5) is 0 Å². The summed E-state index contributed by atoms with van der Waals surface area (Å²) in [7, 11) is 0. The minimum absolute atomic E-state index is 0.0294.